The summed E-state index contributed by atoms with van der Waals surface area (Å²) in [6.07, 6.45) is 12.2. The highest BCUT2D eigenvalue weighted by atomic mass is 35.5. The van der Waals surface area contributed by atoms with Crippen LogP contribution in [0.25, 0.3) is 12.2 Å². The number of alkyl halides is 1. The van der Waals surface area contributed by atoms with Crippen molar-refractivity contribution in [1.29, 1.82) is 0 Å². The number of ether oxygens (including phenoxy) is 2. The summed E-state index contributed by atoms with van der Waals surface area (Å²) in [5, 5.41) is 2.30. The molecule has 1 amide bonds. The Morgan fingerprint density at radius 1 is 1.24 bits per heavy atom. The number of nitrogens with zero attached hydrogens (tertiary/aromatic N) is 1. The van der Waals surface area contributed by atoms with Crippen LogP contribution in [0, 0.1) is 5.92 Å². The van der Waals surface area contributed by atoms with Crippen molar-refractivity contribution in [3.05, 3.63) is 64.3 Å². The number of rotatable bonds is 6. The summed E-state index contributed by atoms with van der Waals surface area (Å²) in [5.41, 5.74) is 3.34. The maximum absolute atomic E-state index is 13.3. The molecule has 2 aromatic rings. The molecule has 174 valence electrons. The molecule has 2 aliphatic carbocycles. The van der Waals surface area contributed by atoms with Crippen LogP contribution in [0.4, 0.5) is 4.79 Å². The molecule has 1 aliphatic heterocycles. The molecule has 0 spiro atoms. The molecule has 1 unspecified atom stereocenters. The Hall–Kier alpha value is -2.66. The van der Waals surface area contributed by atoms with Gasteiger partial charge in [-0.25, -0.2) is 4.79 Å². The number of hydrogen-bond acceptors (Lipinski definition) is 3. The van der Waals surface area contributed by atoms with Crippen molar-refractivity contribution in [2.24, 2.45) is 5.92 Å². The molecule has 1 fully saturated rings. The zero-order chi connectivity index (χ0) is 22.8. The van der Waals surface area contributed by atoms with Crippen LogP contribution in [0.5, 0.6) is 5.75 Å². The second-order valence-corrected chi connectivity index (χ2v) is 9.77. The molecule has 5 rings (SSSR count). The minimum Gasteiger partial charge on any atom is -0.490 e. The van der Waals surface area contributed by atoms with Crippen LogP contribution in [-0.4, -0.2) is 41.1 Å². The third kappa shape index (κ3) is 4.56. The van der Waals surface area contributed by atoms with Gasteiger partial charge >= 0.3 is 6.09 Å². The lowest BCUT2D eigenvalue weighted by Crippen LogP contribution is -2.42. The van der Waals surface area contributed by atoms with Gasteiger partial charge in [0.1, 0.15) is 18.4 Å². The number of H-pyrrole nitrogens is 1. The van der Waals surface area contributed by atoms with Crippen molar-refractivity contribution in [2.45, 2.75) is 49.9 Å². The largest absolute Gasteiger partial charge is 0.490 e. The number of carbonyl (C=O) groups is 1. The topological polar surface area (TPSA) is 54.6 Å². The molecule has 0 radical (unpaired) electrons. The van der Waals surface area contributed by atoms with Gasteiger partial charge in [0.2, 0.25) is 0 Å². The Bertz CT molecular complexity index is 1130. The Kier molecular flexibility index (Phi) is 6.50. The Labute approximate surface area is 199 Å². The highest BCUT2D eigenvalue weighted by molar-refractivity contribution is 6.24. The fourth-order valence-electron chi connectivity index (χ4n) is 5.34. The van der Waals surface area contributed by atoms with E-state index in [1.807, 2.05) is 29.2 Å². The lowest BCUT2D eigenvalue weighted by molar-refractivity contribution is 0.0762. The first-order valence-electron chi connectivity index (χ1n) is 12.0. The van der Waals surface area contributed by atoms with Gasteiger partial charge in [-0.15, -0.1) is 11.6 Å². The molecule has 5 nitrogen and oxygen atoms in total. The average Bonchev–Trinajstić information content (AvgIpc) is 3.48. The number of fused-ring (bicyclic) bond motifs is 3. The van der Waals surface area contributed by atoms with Crippen molar-refractivity contribution in [1.82, 2.24) is 9.88 Å². The molecule has 3 aliphatic rings. The summed E-state index contributed by atoms with van der Waals surface area (Å²) in [6.45, 7) is 5.29. The highest BCUT2D eigenvalue weighted by Crippen LogP contribution is 2.34. The van der Waals surface area contributed by atoms with Crippen LogP contribution in [0.2, 0.25) is 0 Å². The van der Waals surface area contributed by atoms with E-state index >= 15 is 0 Å². The van der Waals surface area contributed by atoms with Crippen LogP contribution in [0.1, 0.15) is 55.0 Å². The fraction of sp³-hybridized carbons (Fsp3) is 0.444. The van der Waals surface area contributed by atoms with Gasteiger partial charge in [0.25, 0.3) is 0 Å². The number of halogens is 1. The SMILES string of the molecule is C=CCOc1ccc([C@H]2c3[nH]c4c(c3CCN2C(=O)OCC2CCCC2)=CC(Cl)CC=4)cc1. The van der Waals surface area contributed by atoms with Crippen LogP contribution < -0.4 is 15.3 Å². The van der Waals surface area contributed by atoms with Gasteiger partial charge in [-0.3, -0.25) is 4.90 Å². The average molecular weight is 467 g/mol. The molecular weight excluding hydrogens is 436 g/mol. The minimum atomic E-state index is -0.237. The van der Waals surface area contributed by atoms with Crippen molar-refractivity contribution < 1.29 is 14.3 Å². The van der Waals surface area contributed by atoms with Crippen molar-refractivity contribution in [3.8, 4) is 5.75 Å². The fourth-order valence-corrected chi connectivity index (χ4v) is 5.56. The predicted octanol–water partition coefficient (Wildman–Crippen LogP) is 4.43. The number of carbonyl (C=O) groups excluding carboxylic acids is 1. The molecule has 1 aromatic carbocycles. The molecule has 1 aromatic heterocycles. The first-order valence-corrected chi connectivity index (χ1v) is 12.4. The van der Waals surface area contributed by atoms with E-state index in [2.05, 4.69) is 23.7 Å². The number of aromatic amines is 1. The quantitative estimate of drug-likeness (QED) is 0.506. The van der Waals surface area contributed by atoms with Crippen LogP contribution in [0.15, 0.2) is 36.9 Å². The van der Waals surface area contributed by atoms with E-state index in [1.165, 1.54) is 23.6 Å². The van der Waals surface area contributed by atoms with E-state index in [4.69, 9.17) is 21.1 Å². The molecule has 2 atom stereocenters. The lowest BCUT2D eigenvalue weighted by atomic mass is 9.92. The Morgan fingerprint density at radius 3 is 2.79 bits per heavy atom. The van der Waals surface area contributed by atoms with Crippen molar-refractivity contribution >= 4 is 29.8 Å². The monoisotopic (exact) mass is 466 g/mol. The minimum absolute atomic E-state index is 0.00606. The molecule has 1 saturated carbocycles. The Morgan fingerprint density at radius 2 is 2.03 bits per heavy atom. The summed E-state index contributed by atoms with van der Waals surface area (Å²) in [7, 11) is 0. The summed E-state index contributed by atoms with van der Waals surface area (Å²) in [4.78, 5) is 18.8. The van der Waals surface area contributed by atoms with E-state index in [9.17, 15) is 4.79 Å². The normalized spacial score (nSPS) is 22.0. The molecule has 6 heteroatoms. The molecule has 0 saturated heterocycles. The van der Waals surface area contributed by atoms with Gasteiger partial charge < -0.3 is 14.5 Å². The summed E-state index contributed by atoms with van der Waals surface area (Å²) in [5.74, 6) is 1.28. The van der Waals surface area contributed by atoms with Crippen molar-refractivity contribution in [3.63, 3.8) is 0 Å². The van der Waals surface area contributed by atoms with Gasteiger partial charge in [0.05, 0.1) is 12.0 Å². The third-order valence-corrected chi connectivity index (χ3v) is 7.31. The second-order valence-electron chi connectivity index (χ2n) is 9.21. The van der Waals surface area contributed by atoms with Gasteiger partial charge in [-0.1, -0.05) is 49.8 Å². The number of benzene rings is 1. The second kappa shape index (κ2) is 9.68. The maximum atomic E-state index is 13.3. The van der Waals surface area contributed by atoms with E-state index in [0.29, 0.717) is 25.7 Å². The summed E-state index contributed by atoms with van der Waals surface area (Å²) in [6, 6.07) is 7.73. The predicted molar refractivity (Wildman–Crippen MR) is 131 cm³/mol. The molecule has 2 heterocycles. The van der Waals surface area contributed by atoms with E-state index < -0.39 is 0 Å². The first-order chi connectivity index (χ1) is 16.1. The zero-order valence-corrected chi connectivity index (χ0v) is 19.7. The number of hydrogen-bond donors (Lipinski definition) is 1. The number of aromatic nitrogens is 1. The van der Waals surface area contributed by atoms with Gasteiger partial charge in [0.15, 0.2) is 0 Å². The lowest BCUT2D eigenvalue weighted by Gasteiger charge is -2.35. The Balaban J connectivity index is 1.48. The first kappa shape index (κ1) is 22.1. The highest BCUT2D eigenvalue weighted by Gasteiger charge is 2.35. The van der Waals surface area contributed by atoms with Crippen molar-refractivity contribution in [2.75, 3.05) is 19.8 Å². The van der Waals surface area contributed by atoms with E-state index in [1.54, 1.807) is 6.08 Å². The molecule has 0 bridgehead atoms. The van der Waals surface area contributed by atoms with Crippen LogP contribution in [0.3, 0.4) is 0 Å². The van der Waals surface area contributed by atoms with Crippen LogP contribution >= 0.6 is 11.6 Å². The molecule has 1 N–H and O–H groups in total. The maximum Gasteiger partial charge on any atom is 0.410 e. The zero-order valence-electron chi connectivity index (χ0n) is 18.9. The number of nitrogens with one attached hydrogen (secondary N) is 1. The number of amides is 1. The third-order valence-electron chi connectivity index (χ3n) is 7.01. The van der Waals surface area contributed by atoms with Gasteiger partial charge in [-0.05, 0) is 54.9 Å². The summed E-state index contributed by atoms with van der Waals surface area (Å²) >= 11 is 6.43. The van der Waals surface area contributed by atoms with E-state index in [0.717, 1.165) is 48.0 Å². The van der Waals surface area contributed by atoms with Gasteiger partial charge in [-0.2, -0.15) is 0 Å². The summed E-state index contributed by atoms with van der Waals surface area (Å²) < 4.78 is 11.5. The molecular formula is C27H31ClN2O3. The van der Waals surface area contributed by atoms with E-state index in [-0.39, 0.29) is 17.5 Å². The van der Waals surface area contributed by atoms with Crippen LogP contribution in [-0.2, 0) is 11.2 Å². The standard InChI is InChI=1S/C27H31ClN2O3/c1-2-15-32-21-10-7-19(8-11-21)26-25-22(23-16-20(28)9-12-24(23)29-25)13-14-30(26)27(31)33-17-18-5-3-4-6-18/h2,7-8,10-12,16,18,20,26,29H,1,3-6,9,13-15,17H2/t20?,26-/m0/s1. The smallest absolute Gasteiger partial charge is 0.410 e. The van der Waals surface area contributed by atoms with Gasteiger partial charge in [0, 0.05) is 22.8 Å². The molecule has 33 heavy (non-hydrogen) atoms.